The highest BCUT2D eigenvalue weighted by molar-refractivity contribution is 7.87. The Morgan fingerprint density at radius 3 is 2.36 bits per heavy atom. The summed E-state index contributed by atoms with van der Waals surface area (Å²) in [6, 6.07) is 2.92. The third-order valence-corrected chi connectivity index (χ3v) is 5.61. The molecule has 0 amide bonds. The van der Waals surface area contributed by atoms with E-state index in [1.165, 1.54) is 13.0 Å². The lowest BCUT2D eigenvalue weighted by Crippen LogP contribution is -2.18. The molecular weight excluding hydrogens is 384 g/mol. The fraction of sp³-hybridized carbons (Fsp3) is 0.571. The lowest BCUT2D eigenvalue weighted by molar-refractivity contribution is -0.140. The molecule has 11 heteroatoms. The van der Waals surface area contributed by atoms with E-state index in [9.17, 15) is 31.0 Å². The summed E-state index contributed by atoms with van der Waals surface area (Å²) in [6.45, 7) is 4.75. The highest BCUT2D eigenvalue weighted by Gasteiger charge is 2.39. The van der Waals surface area contributed by atoms with Crippen molar-refractivity contribution in [3.8, 4) is 0 Å². The molecule has 0 aliphatic carbocycles. The molecule has 0 aliphatic rings. The van der Waals surface area contributed by atoms with E-state index in [0.717, 1.165) is 6.07 Å². The molecule has 0 saturated heterocycles. The number of halogens is 3. The number of benzene rings is 1. The molecule has 144 valence electrons. The van der Waals surface area contributed by atoms with Gasteiger partial charge in [0, 0.05) is 0 Å². The van der Waals surface area contributed by atoms with E-state index in [-0.39, 0.29) is 24.5 Å². The third-order valence-electron chi connectivity index (χ3n) is 3.01. The Bertz CT molecular complexity index is 745. The normalized spacial score (nSPS) is 15.4. The highest BCUT2D eigenvalue weighted by atomic mass is 32.2. The van der Waals surface area contributed by atoms with Crippen molar-refractivity contribution in [2.75, 3.05) is 13.0 Å². The molecule has 1 N–H and O–H groups in total. The number of aryl methyl sites for hydroxylation is 1. The molecule has 0 saturated carbocycles. The van der Waals surface area contributed by atoms with Gasteiger partial charge in [0.1, 0.15) is 4.90 Å². The van der Waals surface area contributed by atoms with Crippen molar-refractivity contribution < 1.29 is 39.8 Å². The maximum Gasteiger partial charge on any atom is 0.417 e. The molecule has 1 atom stereocenters. The van der Waals surface area contributed by atoms with Crippen molar-refractivity contribution in [2.24, 2.45) is 5.92 Å². The van der Waals surface area contributed by atoms with E-state index in [0.29, 0.717) is 6.07 Å². The monoisotopic (exact) mass is 404 g/mol. The van der Waals surface area contributed by atoms with Gasteiger partial charge in [-0.2, -0.15) is 21.6 Å². The molecule has 0 radical (unpaired) electrons. The van der Waals surface area contributed by atoms with Crippen LogP contribution in [0.3, 0.4) is 0 Å². The molecule has 0 aliphatic heterocycles. The first-order valence-electron chi connectivity index (χ1n) is 7.35. The van der Waals surface area contributed by atoms with Gasteiger partial charge in [0.15, 0.2) is 6.35 Å². The third kappa shape index (κ3) is 6.38. The van der Waals surface area contributed by atoms with Crippen molar-refractivity contribution >= 4 is 17.7 Å². The molecule has 25 heavy (non-hydrogen) atoms. The van der Waals surface area contributed by atoms with Crippen LogP contribution >= 0.6 is 7.60 Å². The molecule has 1 aromatic carbocycles. The second-order valence-electron chi connectivity index (χ2n) is 5.67. The first kappa shape index (κ1) is 22.1. The molecule has 0 aromatic heterocycles. The predicted molar refractivity (Wildman–Crippen MR) is 84.6 cm³/mol. The Balaban J connectivity index is 3.17. The summed E-state index contributed by atoms with van der Waals surface area (Å²) in [7, 11) is -9.35. The topological polar surface area (TPSA) is 89.9 Å². The SMILES string of the molecule is CCc1cccc(C(F)(F)F)c1S(=O)(=O)OCP(=O)(O)OCC(C)C. The molecule has 0 heterocycles. The number of hydrogen-bond acceptors (Lipinski definition) is 5. The average molecular weight is 404 g/mol. The van der Waals surface area contributed by atoms with Crippen molar-refractivity contribution in [1.29, 1.82) is 0 Å². The van der Waals surface area contributed by atoms with Crippen LogP contribution in [0.2, 0.25) is 0 Å². The Hall–Kier alpha value is -0.930. The van der Waals surface area contributed by atoms with Gasteiger partial charge in [0.05, 0.1) is 12.2 Å². The van der Waals surface area contributed by atoms with E-state index < -0.39 is 40.7 Å². The largest absolute Gasteiger partial charge is 0.417 e. The quantitative estimate of drug-likeness (QED) is 0.524. The minimum absolute atomic E-state index is 0.00246. The molecular formula is C14H20F3O6PS. The van der Waals surface area contributed by atoms with Gasteiger partial charge in [-0.1, -0.05) is 32.9 Å². The summed E-state index contributed by atoms with van der Waals surface area (Å²) in [5, 5.41) is 0. The lowest BCUT2D eigenvalue weighted by atomic mass is 10.1. The Morgan fingerprint density at radius 1 is 1.28 bits per heavy atom. The lowest BCUT2D eigenvalue weighted by Gasteiger charge is -2.18. The first-order chi connectivity index (χ1) is 11.3. The minimum atomic E-state index is -4.92. The highest BCUT2D eigenvalue weighted by Crippen LogP contribution is 2.44. The van der Waals surface area contributed by atoms with Crippen molar-refractivity contribution in [2.45, 2.75) is 38.3 Å². The summed E-state index contributed by atoms with van der Waals surface area (Å²) in [6.07, 6.45) is -6.19. The van der Waals surface area contributed by atoms with E-state index >= 15 is 0 Å². The molecule has 6 nitrogen and oxygen atoms in total. The van der Waals surface area contributed by atoms with Gasteiger partial charge >= 0.3 is 13.8 Å². The van der Waals surface area contributed by atoms with E-state index in [2.05, 4.69) is 8.71 Å². The summed E-state index contributed by atoms with van der Waals surface area (Å²) in [4.78, 5) is 8.50. The van der Waals surface area contributed by atoms with Crippen LogP contribution in [-0.2, 0) is 36.0 Å². The van der Waals surface area contributed by atoms with Gasteiger partial charge < -0.3 is 9.42 Å². The van der Waals surface area contributed by atoms with Crippen molar-refractivity contribution in [3.05, 3.63) is 29.3 Å². The van der Waals surface area contributed by atoms with Crippen LogP contribution in [0.4, 0.5) is 13.2 Å². The van der Waals surface area contributed by atoms with Gasteiger partial charge in [-0.15, -0.1) is 0 Å². The zero-order chi connectivity index (χ0) is 19.5. The number of hydrogen-bond donors (Lipinski definition) is 1. The van der Waals surface area contributed by atoms with Crippen LogP contribution in [0.1, 0.15) is 31.9 Å². The van der Waals surface area contributed by atoms with Crippen LogP contribution in [0, 0.1) is 5.92 Å². The maximum absolute atomic E-state index is 13.1. The Kier molecular flexibility index (Phi) is 7.23. The number of rotatable bonds is 8. The van der Waals surface area contributed by atoms with Crippen molar-refractivity contribution in [3.63, 3.8) is 0 Å². The van der Waals surface area contributed by atoms with Crippen LogP contribution < -0.4 is 0 Å². The van der Waals surface area contributed by atoms with Gasteiger partial charge in [-0.25, -0.2) is 0 Å². The standard InChI is InChI=1S/C14H20F3O6PS/c1-4-11-6-5-7-12(14(15,16)17)13(11)25(20,21)23-9-24(18,19)22-8-10(2)3/h5-7,10H,4,8-9H2,1-3H3,(H,18,19). The van der Waals surface area contributed by atoms with Gasteiger partial charge in [0.25, 0.3) is 10.1 Å². The van der Waals surface area contributed by atoms with E-state index in [4.69, 9.17) is 0 Å². The van der Waals surface area contributed by atoms with E-state index in [1.54, 1.807) is 13.8 Å². The zero-order valence-electron chi connectivity index (χ0n) is 13.9. The summed E-state index contributed by atoms with van der Waals surface area (Å²) in [5.41, 5.74) is -1.49. The summed E-state index contributed by atoms with van der Waals surface area (Å²) >= 11 is 0. The Labute approximate surface area is 144 Å². The van der Waals surface area contributed by atoms with Crippen LogP contribution in [-0.4, -0.2) is 26.3 Å². The van der Waals surface area contributed by atoms with Gasteiger partial charge in [-0.3, -0.25) is 8.75 Å². The molecule has 1 unspecified atom stereocenters. The fourth-order valence-electron chi connectivity index (χ4n) is 1.88. The van der Waals surface area contributed by atoms with Crippen molar-refractivity contribution in [1.82, 2.24) is 0 Å². The molecule has 0 fully saturated rings. The van der Waals surface area contributed by atoms with E-state index in [1.807, 2.05) is 0 Å². The number of alkyl halides is 3. The maximum atomic E-state index is 13.1. The van der Waals surface area contributed by atoms with Crippen LogP contribution in [0.5, 0.6) is 0 Å². The smallest absolute Gasteiger partial charge is 0.323 e. The molecule has 0 bridgehead atoms. The second kappa shape index (κ2) is 8.18. The zero-order valence-corrected chi connectivity index (χ0v) is 15.6. The summed E-state index contributed by atoms with van der Waals surface area (Å²) < 4.78 is 84.8. The molecule has 1 rings (SSSR count). The van der Waals surface area contributed by atoms with Gasteiger partial charge in [0.2, 0.25) is 0 Å². The summed E-state index contributed by atoms with van der Waals surface area (Å²) in [5.74, 6) is -0.102. The second-order valence-corrected chi connectivity index (χ2v) is 9.02. The van der Waals surface area contributed by atoms with Crippen LogP contribution in [0.25, 0.3) is 0 Å². The van der Waals surface area contributed by atoms with Crippen LogP contribution in [0.15, 0.2) is 23.1 Å². The molecule has 0 spiro atoms. The average Bonchev–Trinajstić information content (AvgIpc) is 2.50. The Morgan fingerprint density at radius 2 is 1.88 bits per heavy atom. The minimum Gasteiger partial charge on any atom is -0.323 e. The fourth-order valence-corrected chi connectivity index (χ4v) is 4.68. The predicted octanol–water partition coefficient (Wildman–Crippen LogP) is 3.79. The van der Waals surface area contributed by atoms with Gasteiger partial charge in [-0.05, 0) is 24.0 Å². The first-order valence-corrected chi connectivity index (χ1v) is 10.5. The molecule has 1 aromatic rings.